The van der Waals surface area contributed by atoms with Gasteiger partial charge in [0.2, 0.25) is 11.8 Å². The lowest BCUT2D eigenvalue weighted by molar-refractivity contribution is -0.128. The molecule has 0 aromatic heterocycles. The third-order valence-corrected chi connectivity index (χ3v) is 7.68. The summed E-state index contributed by atoms with van der Waals surface area (Å²) in [5, 5.41) is 10.3. The average molecular weight is 592 g/mol. The van der Waals surface area contributed by atoms with E-state index in [1.165, 1.54) is 16.7 Å². The number of fused-ring (bicyclic) bond motifs is 2. The van der Waals surface area contributed by atoms with Crippen LogP contribution in [0, 0.1) is 0 Å². The highest BCUT2D eigenvalue weighted by molar-refractivity contribution is 6.15. The molecule has 0 fully saturated rings. The van der Waals surface area contributed by atoms with E-state index in [0.717, 1.165) is 10.8 Å². The van der Waals surface area contributed by atoms with E-state index in [9.17, 15) is 24.0 Å². The number of carbonyl (C=O) groups excluding carboxylic acids is 5. The number of carbonyl (C=O) groups is 5. The Bertz CT molecular complexity index is 1750. The van der Waals surface area contributed by atoms with Crippen LogP contribution in [0.5, 0.6) is 0 Å². The van der Waals surface area contributed by atoms with Crippen molar-refractivity contribution in [3.8, 4) is 0 Å². The molecule has 0 bridgehead atoms. The molecule has 0 saturated carbocycles. The number of hydrogen-bond donors (Lipinski definition) is 3. The van der Waals surface area contributed by atoms with Crippen LogP contribution in [0.1, 0.15) is 34.6 Å². The molecule has 1 aliphatic rings. The van der Waals surface area contributed by atoms with Crippen molar-refractivity contribution in [1.82, 2.24) is 10.6 Å². The summed E-state index contributed by atoms with van der Waals surface area (Å²) < 4.78 is 0. The summed E-state index contributed by atoms with van der Waals surface area (Å²) in [5.41, 5.74) is 2.10. The van der Waals surface area contributed by atoms with E-state index in [2.05, 4.69) is 16.0 Å². The average Bonchev–Trinajstić information content (AvgIpc) is 3.15. The predicted molar refractivity (Wildman–Crippen MR) is 170 cm³/mol. The Hall–Kier alpha value is -5.35. The number of likely N-dealkylation sites (N-methyl/N-ethyl adjacent to an activating group) is 1. The lowest BCUT2D eigenvalue weighted by Crippen LogP contribution is -2.56. The van der Waals surface area contributed by atoms with Gasteiger partial charge in [-0.3, -0.25) is 28.9 Å². The van der Waals surface area contributed by atoms with Gasteiger partial charge in [0.15, 0.2) is 5.78 Å². The van der Waals surface area contributed by atoms with Crippen molar-refractivity contribution in [2.45, 2.75) is 25.9 Å². The number of para-hydroxylation sites is 2. The summed E-state index contributed by atoms with van der Waals surface area (Å²) in [6.45, 7) is 2.56. The second-order valence-electron chi connectivity index (χ2n) is 10.6. The van der Waals surface area contributed by atoms with Crippen LogP contribution in [0.3, 0.4) is 0 Å². The highest BCUT2D eigenvalue weighted by atomic mass is 16.2. The summed E-state index contributed by atoms with van der Waals surface area (Å²) in [6, 6.07) is 24.5. The van der Waals surface area contributed by atoms with Crippen LogP contribution in [0.25, 0.3) is 10.8 Å². The third kappa shape index (κ3) is 6.20. The maximum absolute atomic E-state index is 14.1. The fourth-order valence-electron chi connectivity index (χ4n) is 5.15. The van der Waals surface area contributed by atoms with Crippen LogP contribution in [0.15, 0.2) is 91.0 Å². The van der Waals surface area contributed by atoms with E-state index in [1.54, 1.807) is 68.6 Å². The molecule has 1 aliphatic heterocycles. The van der Waals surface area contributed by atoms with Gasteiger partial charge in [0.25, 0.3) is 11.8 Å². The van der Waals surface area contributed by atoms with Crippen LogP contribution < -0.4 is 25.8 Å². The van der Waals surface area contributed by atoms with Crippen LogP contribution in [0.2, 0.25) is 0 Å². The Morgan fingerprint density at radius 1 is 0.841 bits per heavy atom. The molecule has 10 nitrogen and oxygen atoms in total. The molecule has 4 aromatic rings. The van der Waals surface area contributed by atoms with Gasteiger partial charge in [-0.05, 0) is 56.6 Å². The topological polar surface area (TPSA) is 128 Å². The van der Waals surface area contributed by atoms with Crippen molar-refractivity contribution in [2.24, 2.45) is 0 Å². The molecule has 5 rings (SSSR count). The number of rotatable bonds is 8. The highest BCUT2D eigenvalue weighted by Crippen LogP contribution is 2.34. The zero-order chi connectivity index (χ0) is 31.4. The zero-order valence-electron chi connectivity index (χ0n) is 24.7. The fraction of sp³-hybridized carbons (Fsp3) is 0.206. The number of hydrogen-bond acceptors (Lipinski definition) is 6. The number of amides is 4. The summed E-state index contributed by atoms with van der Waals surface area (Å²) in [7, 11) is 1.62. The van der Waals surface area contributed by atoms with E-state index in [4.69, 9.17) is 0 Å². The summed E-state index contributed by atoms with van der Waals surface area (Å²) in [5.74, 6) is -1.98. The van der Waals surface area contributed by atoms with Crippen LogP contribution in [-0.2, 0) is 14.4 Å². The number of benzene rings is 4. The number of Topliss-reactive ketones (excluding diaryl/α,β-unsaturated/α-hetero) is 1. The van der Waals surface area contributed by atoms with E-state index < -0.39 is 35.7 Å². The molecule has 4 aromatic carbocycles. The van der Waals surface area contributed by atoms with Gasteiger partial charge in [0.05, 0.1) is 24.0 Å². The first-order valence-corrected chi connectivity index (χ1v) is 14.3. The molecule has 0 saturated heterocycles. The zero-order valence-corrected chi connectivity index (χ0v) is 24.7. The number of nitrogens with zero attached hydrogens (tertiary/aromatic N) is 2. The third-order valence-electron chi connectivity index (χ3n) is 7.68. The minimum Gasteiger partial charge on any atom is -0.341 e. The number of anilines is 3. The number of nitrogens with one attached hydrogen (secondary N) is 3. The summed E-state index contributed by atoms with van der Waals surface area (Å²) in [6.07, 6.45) is 0. The molecule has 0 aliphatic carbocycles. The summed E-state index contributed by atoms with van der Waals surface area (Å²) in [4.78, 5) is 69.0. The first-order valence-electron chi connectivity index (χ1n) is 14.3. The van der Waals surface area contributed by atoms with Crippen LogP contribution in [0.4, 0.5) is 17.1 Å². The monoisotopic (exact) mass is 591 g/mol. The molecule has 2 atom stereocenters. The quantitative estimate of drug-likeness (QED) is 0.268. The molecule has 4 amide bonds. The van der Waals surface area contributed by atoms with Gasteiger partial charge < -0.3 is 20.9 Å². The molecule has 10 heteroatoms. The van der Waals surface area contributed by atoms with Crippen LogP contribution >= 0.6 is 0 Å². The minimum atomic E-state index is -1.16. The van der Waals surface area contributed by atoms with Crippen molar-refractivity contribution in [3.05, 3.63) is 102 Å². The summed E-state index contributed by atoms with van der Waals surface area (Å²) >= 11 is 0. The predicted octanol–water partition coefficient (Wildman–Crippen LogP) is 3.77. The second kappa shape index (κ2) is 12.9. The molecule has 1 unspecified atom stereocenters. The van der Waals surface area contributed by atoms with Crippen molar-refractivity contribution in [2.75, 3.05) is 35.3 Å². The van der Waals surface area contributed by atoms with Gasteiger partial charge in [-0.25, -0.2) is 0 Å². The van der Waals surface area contributed by atoms with E-state index in [0.29, 0.717) is 28.2 Å². The standard InChI is InChI=1S/C34H33N5O5/c1-21(35-3)32(42)37-28-19-38(33(43)25-17-15-23(16-18-25)22(2)40)29-13-6-7-14-30(29)39(34(28)44)20-31(41)36-27-12-8-10-24-9-4-5-11-26(24)27/h4-18,21,28,35H,19-20H2,1-3H3,(H,36,41)(H,37,42)/t21?,28-/m0/s1. The molecule has 224 valence electrons. The first-order chi connectivity index (χ1) is 21.2. The second-order valence-corrected chi connectivity index (χ2v) is 10.6. The highest BCUT2D eigenvalue weighted by Gasteiger charge is 2.38. The number of ketones is 1. The van der Waals surface area contributed by atoms with Gasteiger partial charge >= 0.3 is 0 Å². The molecule has 44 heavy (non-hydrogen) atoms. The lowest BCUT2D eigenvalue weighted by Gasteiger charge is -2.26. The largest absolute Gasteiger partial charge is 0.341 e. The molecule has 3 N–H and O–H groups in total. The molecule has 0 spiro atoms. The maximum Gasteiger partial charge on any atom is 0.258 e. The van der Waals surface area contributed by atoms with Gasteiger partial charge in [-0.2, -0.15) is 0 Å². The minimum absolute atomic E-state index is 0.131. The van der Waals surface area contributed by atoms with Crippen molar-refractivity contribution in [3.63, 3.8) is 0 Å². The van der Waals surface area contributed by atoms with Gasteiger partial charge in [-0.1, -0.05) is 60.7 Å². The smallest absolute Gasteiger partial charge is 0.258 e. The Morgan fingerprint density at radius 2 is 1.48 bits per heavy atom. The Labute approximate surface area is 255 Å². The van der Waals surface area contributed by atoms with Crippen LogP contribution in [-0.4, -0.2) is 61.6 Å². The molecule has 1 heterocycles. The van der Waals surface area contributed by atoms with E-state index >= 15 is 0 Å². The Morgan fingerprint density at radius 3 is 2.18 bits per heavy atom. The van der Waals surface area contributed by atoms with Crippen molar-refractivity contribution >= 4 is 57.2 Å². The molecular formula is C34H33N5O5. The lowest BCUT2D eigenvalue weighted by atomic mass is 10.1. The van der Waals surface area contributed by atoms with Crippen molar-refractivity contribution in [1.29, 1.82) is 0 Å². The van der Waals surface area contributed by atoms with Gasteiger partial charge in [0, 0.05) is 22.2 Å². The Balaban J connectivity index is 1.51. The SMILES string of the molecule is CNC(C)C(=O)N[C@H]1CN(C(=O)c2ccc(C(C)=O)cc2)c2ccccc2N(CC(=O)Nc2cccc3ccccc23)C1=O. The normalized spacial score (nSPS) is 15.2. The van der Waals surface area contributed by atoms with Gasteiger partial charge in [-0.15, -0.1) is 0 Å². The molecular weight excluding hydrogens is 558 g/mol. The maximum atomic E-state index is 14.1. The van der Waals surface area contributed by atoms with E-state index in [1.807, 2.05) is 36.4 Å². The van der Waals surface area contributed by atoms with Crippen molar-refractivity contribution < 1.29 is 24.0 Å². The fourth-order valence-corrected chi connectivity index (χ4v) is 5.15. The Kier molecular flexibility index (Phi) is 8.82. The molecule has 0 radical (unpaired) electrons. The van der Waals surface area contributed by atoms with E-state index in [-0.39, 0.29) is 18.9 Å². The first kappa shape index (κ1) is 30.1. The van der Waals surface area contributed by atoms with Gasteiger partial charge in [0.1, 0.15) is 12.6 Å².